The van der Waals surface area contributed by atoms with Crippen LogP contribution < -0.4 is 0 Å². The van der Waals surface area contributed by atoms with Crippen molar-refractivity contribution >= 4 is 41.9 Å². The maximum Gasteiger partial charge on any atom is 0.244 e. The van der Waals surface area contributed by atoms with Crippen LogP contribution >= 0.6 is 31.9 Å². The van der Waals surface area contributed by atoms with Gasteiger partial charge in [-0.3, -0.25) is 0 Å². The van der Waals surface area contributed by atoms with E-state index in [2.05, 4.69) is 31.9 Å². The Bertz CT molecular complexity index is 571. The molecule has 0 aliphatic carbocycles. The van der Waals surface area contributed by atoms with Crippen LogP contribution in [0.1, 0.15) is 13.3 Å². The zero-order valence-electron chi connectivity index (χ0n) is 11.2. The summed E-state index contributed by atoms with van der Waals surface area (Å²) in [6.07, 6.45) is 0.924. The zero-order valence-corrected chi connectivity index (χ0v) is 15.2. The summed E-state index contributed by atoms with van der Waals surface area (Å²) in [6.45, 7) is 4.21. The van der Waals surface area contributed by atoms with Crippen LogP contribution in [0.2, 0.25) is 0 Å². The van der Waals surface area contributed by atoms with Gasteiger partial charge in [-0.1, -0.05) is 22.9 Å². The lowest BCUT2D eigenvalue weighted by atomic mass is 10.1. The minimum Gasteiger partial charge on any atom is -0.381 e. The van der Waals surface area contributed by atoms with Gasteiger partial charge in [-0.2, -0.15) is 4.31 Å². The molecule has 1 aromatic rings. The number of benzene rings is 1. The van der Waals surface area contributed by atoms with Crippen molar-refractivity contribution in [1.29, 1.82) is 0 Å². The number of sulfonamides is 1. The Morgan fingerprint density at radius 3 is 2.70 bits per heavy atom. The van der Waals surface area contributed by atoms with E-state index in [4.69, 9.17) is 4.74 Å². The van der Waals surface area contributed by atoms with E-state index in [1.54, 1.807) is 18.2 Å². The van der Waals surface area contributed by atoms with Gasteiger partial charge in [-0.05, 0) is 46.5 Å². The monoisotopic (exact) mass is 425 g/mol. The Labute approximate surface area is 136 Å². The molecular formula is C13H17Br2NO3S. The molecule has 0 spiro atoms. The summed E-state index contributed by atoms with van der Waals surface area (Å²) in [5.74, 6) is 0.291. The van der Waals surface area contributed by atoms with E-state index >= 15 is 0 Å². The maximum atomic E-state index is 12.7. The van der Waals surface area contributed by atoms with Crippen LogP contribution in [0.3, 0.4) is 0 Å². The Kier molecular flexibility index (Phi) is 5.64. The highest BCUT2D eigenvalue weighted by molar-refractivity contribution is 9.11. The predicted molar refractivity (Wildman–Crippen MR) is 85.2 cm³/mol. The lowest BCUT2D eigenvalue weighted by molar-refractivity contribution is 0.181. The highest BCUT2D eigenvalue weighted by atomic mass is 79.9. The molecule has 0 bridgehead atoms. The number of hydrogen-bond acceptors (Lipinski definition) is 3. The van der Waals surface area contributed by atoms with E-state index in [0.29, 0.717) is 35.0 Å². The summed E-state index contributed by atoms with van der Waals surface area (Å²) >= 11 is 6.67. The van der Waals surface area contributed by atoms with Gasteiger partial charge in [0.25, 0.3) is 0 Å². The fourth-order valence-electron chi connectivity index (χ4n) is 2.24. The highest BCUT2D eigenvalue weighted by Crippen LogP contribution is 2.29. The van der Waals surface area contributed by atoms with Crippen molar-refractivity contribution < 1.29 is 13.2 Å². The number of nitrogens with zero attached hydrogens (tertiary/aromatic N) is 1. The summed E-state index contributed by atoms with van der Waals surface area (Å²) in [5.41, 5.74) is 0. The van der Waals surface area contributed by atoms with E-state index in [9.17, 15) is 8.42 Å². The maximum absolute atomic E-state index is 12.7. The number of halogens is 2. The van der Waals surface area contributed by atoms with Crippen LogP contribution in [0.15, 0.2) is 32.0 Å². The second kappa shape index (κ2) is 6.87. The lowest BCUT2D eigenvalue weighted by Crippen LogP contribution is -2.35. The Hall–Kier alpha value is 0.0500. The number of ether oxygens (including phenoxy) is 1. The third-order valence-corrected chi connectivity index (χ3v) is 6.76. The van der Waals surface area contributed by atoms with E-state index in [-0.39, 0.29) is 0 Å². The molecule has 1 saturated heterocycles. The van der Waals surface area contributed by atoms with Crippen molar-refractivity contribution in [3.8, 4) is 0 Å². The van der Waals surface area contributed by atoms with Crippen molar-refractivity contribution in [1.82, 2.24) is 4.31 Å². The molecule has 1 fully saturated rings. The van der Waals surface area contributed by atoms with E-state index in [1.165, 1.54) is 4.31 Å². The fraction of sp³-hybridized carbons (Fsp3) is 0.538. The van der Waals surface area contributed by atoms with Gasteiger partial charge in [-0.25, -0.2) is 8.42 Å². The first kappa shape index (κ1) is 16.4. The topological polar surface area (TPSA) is 46.6 Å². The van der Waals surface area contributed by atoms with Crippen LogP contribution in [0, 0.1) is 5.92 Å². The Morgan fingerprint density at radius 1 is 1.40 bits per heavy atom. The second-order valence-electron chi connectivity index (χ2n) is 4.76. The largest absolute Gasteiger partial charge is 0.381 e. The summed E-state index contributed by atoms with van der Waals surface area (Å²) in [5, 5.41) is 0. The summed E-state index contributed by atoms with van der Waals surface area (Å²) in [4.78, 5) is 0.307. The molecule has 1 unspecified atom stereocenters. The first-order valence-corrected chi connectivity index (χ1v) is 9.50. The minimum absolute atomic E-state index is 0.291. The minimum atomic E-state index is -3.48. The molecule has 20 heavy (non-hydrogen) atoms. The molecule has 1 aliphatic rings. The molecule has 1 heterocycles. The third-order valence-electron chi connectivity index (χ3n) is 3.35. The van der Waals surface area contributed by atoms with Gasteiger partial charge >= 0.3 is 0 Å². The van der Waals surface area contributed by atoms with Gasteiger partial charge < -0.3 is 4.74 Å². The molecule has 0 amide bonds. The van der Waals surface area contributed by atoms with Gasteiger partial charge in [0.05, 0.1) is 11.5 Å². The molecule has 1 atom stereocenters. The SMILES string of the molecule is CCN(CC1CCOC1)S(=O)(=O)c1ccc(Br)cc1Br. The Morgan fingerprint density at radius 2 is 2.15 bits per heavy atom. The summed E-state index contributed by atoms with van der Waals surface area (Å²) in [7, 11) is -3.48. The molecule has 0 aromatic heterocycles. The van der Waals surface area contributed by atoms with Crippen LogP contribution in [0.25, 0.3) is 0 Å². The van der Waals surface area contributed by atoms with Gasteiger partial charge in [0.15, 0.2) is 0 Å². The standard InChI is InChI=1S/C13H17Br2NO3S/c1-2-16(8-10-5-6-19-9-10)20(17,18)13-4-3-11(14)7-12(13)15/h3-4,7,10H,2,5-6,8-9H2,1H3. The number of rotatable bonds is 5. The van der Waals surface area contributed by atoms with Crippen molar-refractivity contribution in [2.75, 3.05) is 26.3 Å². The fourth-order valence-corrected chi connectivity index (χ4v) is 5.47. The second-order valence-corrected chi connectivity index (χ2v) is 8.44. The molecule has 0 saturated carbocycles. The molecular weight excluding hydrogens is 410 g/mol. The van der Waals surface area contributed by atoms with E-state index in [1.807, 2.05) is 6.92 Å². The lowest BCUT2D eigenvalue weighted by Gasteiger charge is -2.23. The van der Waals surface area contributed by atoms with Crippen molar-refractivity contribution in [2.45, 2.75) is 18.2 Å². The molecule has 1 aliphatic heterocycles. The summed E-state index contributed by atoms with van der Waals surface area (Å²) < 4.78 is 33.7. The van der Waals surface area contributed by atoms with Crippen molar-refractivity contribution in [3.05, 3.63) is 27.1 Å². The molecule has 112 valence electrons. The molecule has 7 heteroatoms. The van der Waals surface area contributed by atoms with Gasteiger partial charge in [-0.15, -0.1) is 0 Å². The quantitative estimate of drug-likeness (QED) is 0.725. The van der Waals surface area contributed by atoms with Gasteiger partial charge in [0, 0.05) is 28.6 Å². The number of hydrogen-bond donors (Lipinski definition) is 0. The first-order valence-electron chi connectivity index (χ1n) is 6.48. The van der Waals surface area contributed by atoms with Crippen LogP contribution in [-0.4, -0.2) is 39.0 Å². The first-order chi connectivity index (χ1) is 9.45. The third kappa shape index (κ3) is 3.62. The Balaban J connectivity index is 2.26. The normalized spacial score (nSPS) is 19.7. The molecule has 1 aromatic carbocycles. The summed E-state index contributed by atoms with van der Waals surface area (Å²) in [6, 6.07) is 5.11. The zero-order chi connectivity index (χ0) is 14.8. The van der Waals surface area contributed by atoms with Gasteiger partial charge in [0.2, 0.25) is 10.0 Å². The van der Waals surface area contributed by atoms with Crippen molar-refractivity contribution in [2.24, 2.45) is 5.92 Å². The van der Waals surface area contributed by atoms with Crippen molar-refractivity contribution in [3.63, 3.8) is 0 Å². The van der Waals surface area contributed by atoms with E-state index < -0.39 is 10.0 Å². The molecule has 2 rings (SSSR count). The van der Waals surface area contributed by atoms with Crippen LogP contribution in [0.5, 0.6) is 0 Å². The molecule has 0 N–H and O–H groups in total. The predicted octanol–water partition coefficient (Wildman–Crippen LogP) is 3.26. The molecule has 0 radical (unpaired) electrons. The van der Waals surface area contributed by atoms with Crippen LogP contribution in [0.4, 0.5) is 0 Å². The van der Waals surface area contributed by atoms with Crippen LogP contribution in [-0.2, 0) is 14.8 Å². The smallest absolute Gasteiger partial charge is 0.244 e. The average molecular weight is 427 g/mol. The molecule has 4 nitrogen and oxygen atoms in total. The highest BCUT2D eigenvalue weighted by Gasteiger charge is 2.29. The average Bonchev–Trinajstić information content (AvgIpc) is 2.88. The van der Waals surface area contributed by atoms with Gasteiger partial charge in [0.1, 0.15) is 0 Å². The van der Waals surface area contributed by atoms with E-state index in [0.717, 1.165) is 17.5 Å².